The molecule has 1 aromatic heterocycles. The highest BCUT2D eigenvalue weighted by Crippen LogP contribution is 2.29. The van der Waals surface area contributed by atoms with Crippen LogP contribution in [0.3, 0.4) is 0 Å². The molecule has 1 heterocycles. The standard InChI is InChI=1S/C9H11N3O/c1-2-6-5-3-4-7(13)8(10)9(5)12-11-6/h3-4,13H,2,10H2,1H3,(H,11,12). The van der Waals surface area contributed by atoms with Gasteiger partial charge in [-0.2, -0.15) is 5.10 Å². The predicted octanol–water partition coefficient (Wildman–Crippen LogP) is 1.41. The molecule has 0 atom stereocenters. The normalized spacial score (nSPS) is 10.8. The number of nitrogen functional groups attached to an aromatic ring is 1. The Morgan fingerprint density at radius 1 is 1.54 bits per heavy atom. The van der Waals surface area contributed by atoms with Gasteiger partial charge in [0.25, 0.3) is 0 Å². The van der Waals surface area contributed by atoms with Gasteiger partial charge in [0, 0.05) is 11.1 Å². The lowest BCUT2D eigenvalue weighted by atomic mass is 10.1. The maximum atomic E-state index is 9.32. The number of H-pyrrole nitrogens is 1. The van der Waals surface area contributed by atoms with E-state index in [-0.39, 0.29) is 5.75 Å². The molecule has 0 spiro atoms. The van der Waals surface area contributed by atoms with Gasteiger partial charge in [0.05, 0.1) is 0 Å². The molecule has 2 rings (SSSR count). The number of nitrogens with zero attached hydrogens (tertiary/aromatic N) is 1. The van der Waals surface area contributed by atoms with Gasteiger partial charge in [-0.05, 0) is 18.6 Å². The van der Waals surface area contributed by atoms with Crippen molar-refractivity contribution in [1.82, 2.24) is 10.2 Å². The van der Waals surface area contributed by atoms with Crippen molar-refractivity contribution >= 4 is 16.6 Å². The average molecular weight is 177 g/mol. The molecule has 0 aliphatic carbocycles. The van der Waals surface area contributed by atoms with E-state index < -0.39 is 0 Å². The fourth-order valence-corrected chi connectivity index (χ4v) is 1.41. The van der Waals surface area contributed by atoms with Crippen molar-refractivity contribution < 1.29 is 5.11 Å². The summed E-state index contributed by atoms with van der Waals surface area (Å²) in [6, 6.07) is 3.41. The van der Waals surface area contributed by atoms with Gasteiger partial charge in [-0.25, -0.2) is 0 Å². The molecule has 0 bridgehead atoms. The number of rotatable bonds is 1. The van der Waals surface area contributed by atoms with Gasteiger partial charge in [0.2, 0.25) is 0 Å². The first-order chi connectivity index (χ1) is 6.24. The van der Waals surface area contributed by atoms with Crippen LogP contribution in [-0.4, -0.2) is 15.3 Å². The van der Waals surface area contributed by atoms with Crippen molar-refractivity contribution in [2.24, 2.45) is 0 Å². The first-order valence-corrected chi connectivity index (χ1v) is 4.18. The highest BCUT2D eigenvalue weighted by Gasteiger charge is 2.08. The second-order valence-electron chi connectivity index (χ2n) is 2.95. The summed E-state index contributed by atoms with van der Waals surface area (Å²) in [4.78, 5) is 0. The maximum Gasteiger partial charge on any atom is 0.140 e. The zero-order chi connectivity index (χ0) is 9.42. The molecule has 0 saturated heterocycles. The van der Waals surface area contributed by atoms with Crippen LogP contribution < -0.4 is 5.73 Å². The topological polar surface area (TPSA) is 74.9 Å². The van der Waals surface area contributed by atoms with E-state index in [1.165, 1.54) is 0 Å². The Morgan fingerprint density at radius 2 is 2.31 bits per heavy atom. The highest BCUT2D eigenvalue weighted by molar-refractivity contribution is 5.93. The van der Waals surface area contributed by atoms with Gasteiger partial charge in [0.1, 0.15) is 17.0 Å². The van der Waals surface area contributed by atoms with E-state index in [1.807, 2.05) is 13.0 Å². The largest absolute Gasteiger partial charge is 0.506 e. The molecule has 4 nitrogen and oxygen atoms in total. The third-order valence-electron chi connectivity index (χ3n) is 2.18. The second-order valence-corrected chi connectivity index (χ2v) is 2.95. The maximum absolute atomic E-state index is 9.32. The number of aromatic amines is 1. The molecular weight excluding hydrogens is 166 g/mol. The summed E-state index contributed by atoms with van der Waals surface area (Å²) in [7, 11) is 0. The minimum atomic E-state index is 0.0849. The van der Waals surface area contributed by atoms with Crippen LogP contribution >= 0.6 is 0 Å². The quantitative estimate of drug-likeness (QED) is 0.455. The molecule has 4 heteroatoms. The van der Waals surface area contributed by atoms with E-state index in [1.54, 1.807) is 6.07 Å². The number of phenols is 1. The third kappa shape index (κ3) is 1.02. The number of benzene rings is 1. The minimum Gasteiger partial charge on any atom is -0.506 e. The molecule has 1 aromatic carbocycles. The molecule has 0 unspecified atom stereocenters. The summed E-state index contributed by atoms with van der Waals surface area (Å²) < 4.78 is 0. The number of anilines is 1. The van der Waals surface area contributed by atoms with Crippen molar-refractivity contribution in [2.75, 3.05) is 5.73 Å². The van der Waals surface area contributed by atoms with Crippen molar-refractivity contribution in [1.29, 1.82) is 0 Å². The van der Waals surface area contributed by atoms with E-state index in [0.717, 1.165) is 17.5 Å². The first kappa shape index (κ1) is 7.91. The van der Waals surface area contributed by atoms with Crippen LogP contribution in [0.2, 0.25) is 0 Å². The van der Waals surface area contributed by atoms with Crippen LogP contribution in [0.25, 0.3) is 10.9 Å². The molecule has 68 valence electrons. The van der Waals surface area contributed by atoms with E-state index in [0.29, 0.717) is 11.2 Å². The lowest BCUT2D eigenvalue weighted by molar-refractivity contribution is 0.478. The lowest BCUT2D eigenvalue weighted by Crippen LogP contribution is -1.87. The van der Waals surface area contributed by atoms with Crippen LogP contribution in [0.4, 0.5) is 5.69 Å². The Bertz CT molecular complexity index is 447. The number of aromatic nitrogens is 2. The number of aromatic hydroxyl groups is 1. The number of nitrogens with two attached hydrogens (primary N) is 1. The number of aryl methyl sites for hydroxylation is 1. The summed E-state index contributed by atoms with van der Waals surface area (Å²) in [6.45, 7) is 2.04. The number of fused-ring (bicyclic) bond motifs is 1. The molecule has 13 heavy (non-hydrogen) atoms. The Labute approximate surface area is 75.4 Å². The number of hydrogen-bond donors (Lipinski definition) is 3. The van der Waals surface area contributed by atoms with Crippen LogP contribution in [0.15, 0.2) is 12.1 Å². The molecule has 0 aliphatic rings. The van der Waals surface area contributed by atoms with Crippen LogP contribution in [-0.2, 0) is 6.42 Å². The lowest BCUT2D eigenvalue weighted by Gasteiger charge is -1.98. The van der Waals surface area contributed by atoms with Crippen molar-refractivity contribution in [3.8, 4) is 5.75 Å². The average Bonchev–Trinajstić information content (AvgIpc) is 2.55. The van der Waals surface area contributed by atoms with Crippen molar-refractivity contribution in [3.05, 3.63) is 17.8 Å². The van der Waals surface area contributed by atoms with E-state index in [2.05, 4.69) is 10.2 Å². The van der Waals surface area contributed by atoms with Crippen molar-refractivity contribution in [3.63, 3.8) is 0 Å². The molecule has 0 amide bonds. The van der Waals surface area contributed by atoms with E-state index in [4.69, 9.17) is 5.73 Å². The summed E-state index contributed by atoms with van der Waals surface area (Å²) in [6.07, 6.45) is 0.876. The minimum absolute atomic E-state index is 0.0849. The smallest absolute Gasteiger partial charge is 0.140 e. The van der Waals surface area contributed by atoms with Crippen LogP contribution in [0.1, 0.15) is 12.6 Å². The Kier molecular flexibility index (Phi) is 1.62. The molecule has 4 N–H and O–H groups in total. The van der Waals surface area contributed by atoms with Gasteiger partial charge < -0.3 is 10.8 Å². The molecule has 0 radical (unpaired) electrons. The SMILES string of the molecule is CCc1[nH]nc2c(N)c(O)ccc12. The van der Waals surface area contributed by atoms with Crippen LogP contribution in [0.5, 0.6) is 5.75 Å². The Balaban J connectivity index is 2.81. The Morgan fingerprint density at radius 3 is 3.00 bits per heavy atom. The zero-order valence-corrected chi connectivity index (χ0v) is 7.33. The molecule has 0 saturated carbocycles. The third-order valence-corrected chi connectivity index (χ3v) is 2.18. The highest BCUT2D eigenvalue weighted by atomic mass is 16.3. The second kappa shape index (κ2) is 2.65. The van der Waals surface area contributed by atoms with Gasteiger partial charge in [-0.3, -0.25) is 5.10 Å². The Hall–Kier alpha value is -1.71. The molecule has 2 aromatic rings. The summed E-state index contributed by atoms with van der Waals surface area (Å²) in [5.74, 6) is 0.0849. The van der Waals surface area contributed by atoms with Gasteiger partial charge in [0.15, 0.2) is 0 Å². The summed E-state index contributed by atoms with van der Waals surface area (Å²) >= 11 is 0. The summed E-state index contributed by atoms with van der Waals surface area (Å²) in [5, 5.41) is 17.2. The zero-order valence-electron chi connectivity index (χ0n) is 7.33. The van der Waals surface area contributed by atoms with E-state index >= 15 is 0 Å². The fraction of sp³-hybridized carbons (Fsp3) is 0.222. The van der Waals surface area contributed by atoms with Crippen molar-refractivity contribution in [2.45, 2.75) is 13.3 Å². The molecular formula is C9H11N3O. The predicted molar refractivity (Wildman–Crippen MR) is 51.5 cm³/mol. The fourth-order valence-electron chi connectivity index (χ4n) is 1.41. The molecule has 0 fully saturated rings. The van der Waals surface area contributed by atoms with Gasteiger partial charge in [-0.15, -0.1) is 0 Å². The first-order valence-electron chi connectivity index (χ1n) is 4.18. The number of phenolic OH excluding ortho intramolecular Hbond substituents is 1. The number of nitrogens with one attached hydrogen (secondary N) is 1. The summed E-state index contributed by atoms with van der Waals surface area (Å²) in [5.41, 5.74) is 7.69. The van der Waals surface area contributed by atoms with Gasteiger partial charge in [-0.1, -0.05) is 6.92 Å². The number of hydrogen-bond acceptors (Lipinski definition) is 3. The molecule has 0 aliphatic heterocycles. The van der Waals surface area contributed by atoms with Gasteiger partial charge >= 0.3 is 0 Å². The van der Waals surface area contributed by atoms with Crippen LogP contribution in [0, 0.1) is 0 Å². The monoisotopic (exact) mass is 177 g/mol. The van der Waals surface area contributed by atoms with E-state index in [9.17, 15) is 5.11 Å².